The standard InChI is InChI=1S/C7H9FO2/c1-4-6(8)7(10-3)5(2)9/h4,9H,1-2H2,3H3/b7-6-. The van der Waals surface area contributed by atoms with Gasteiger partial charge in [0.2, 0.25) is 0 Å². The number of hydrogen-bond acceptors (Lipinski definition) is 2. The highest BCUT2D eigenvalue weighted by molar-refractivity contribution is 5.24. The van der Waals surface area contributed by atoms with Crippen LogP contribution in [0.4, 0.5) is 4.39 Å². The molecular formula is C7H9FO2. The van der Waals surface area contributed by atoms with E-state index in [1.807, 2.05) is 0 Å². The molecule has 0 heterocycles. The second-order valence-corrected chi connectivity index (χ2v) is 1.53. The smallest absolute Gasteiger partial charge is 0.195 e. The quantitative estimate of drug-likeness (QED) is 0.485. The third kappa shape index (κ3) is 1.93. The van der Waals surface area contributed by atoms with E-state index in [4.69, 9.17) is 5.11 Å². The lowest BCUT2D eigenvalue weighted by atomic mass is 10.4. The normalized spacial score (nSPS) is 11.8. The molecule has 0 spiro atoms. The summed E-state index contributed by atoms with van der Waals surface area (Å²) in [5.74, 6) is -1.45. The Labute approximate surface area is 58.9 Å². The van der Waals surface area contributed by atoms with Crippen LogP contribution in [0.25, 0.3) is 0 Å². The van der Waals surface area contributed by atoms with E-state index >= 15 is 0 Å². The molecule has 0 fully saturated rings. The molecule has 0 saturated heterocycles. The fraction of sp³-hybridized carbons (Fsp3) is 0.143. The Hall–Kier alpha value is -1.25. The molecule has 0 aliphatic carbocycles. The summed E-state index contributed by atoms with van der Waals surface area (Å²) in [4.78, 5) is 0. The van der Waals surface area contributed by atoms with Gasteiger partial charge in [-0.1, -0.05) is 13.2 Å². The minimum atomic E-state index is -0.727. The summed E-state index contributed by atoms with van der Waals surface area (Å²) in [5, 5.41) is 8.65. The fourth-order valence-corrected chi connectivity index (χ4v) is 0.446. The molecule has 0 aromatic carbocycles. The first-order chi connectivity index (χ1) is 4.63. The first kappa shape index (κ1) is 8.75. The predicted octanol–water partition coefficient (Wildman–Crippen LogP) is 2.07. The maximum atomic E-state index is 12.5. The molecule has 3 heteroatoms. The van der Waals surface area contributed by atoms with E-state index in [0.29, 0.717) is 0 Å². The molecule has 1 N–H and O–H groups in total. The third-order valence-electron chi connectivity index (χ3n) is 0.862. The van der Waals surface area contributed by atoms with Crippen LogP contribution in [0.5, 0.6) is 0 Å². The van der Waals surface area contributed by atoms with Crippen molar-refractivity contribution in [3.63, 3.8) is 0 Å². The molecule has 2 nitrogen and oxygen atoms in total. The molecule has 0 aliphatic heterocycles. The SMILES string of the molecule is C=C/C(F)=C(/OC)C(=C)O. The van der Waals surface area contributed by atoms with Crippen molar-refractivity contribution in [2.45, 2.75) is 0 Å². The monoisotopic (exact) mass is 144 g/mol. The van der Waals surface area contributed by atoms with Crippen molar-refractivity contribution in [3.05, 3.63) is 36.6 Å². The topological polar surface area (TPSA) is 29.5 Å². The van der Waals surface area contributed by atoms with E-state index in [9.17, 15) is 4.39 Å². The van der Waals surface area contributed by atoms with Gasteiger partial charge in [0, 0.05) is 0 Å². The highest BCUT2D eigenvalue weighted by Gasteiger charge is 2.05. The number of hydrogen-bond donors (Lipinski definition) is 1. The Morgan fingerprint density at radius 2 is 2.20 bits per heavy atom. The zero-order chi connectivity index (χ0) is 8.15. The summed E-state index contributed by atoms with van der Waals surface area (Å²) in [6, 6.07) is 0. The molecule has 0 aliphatic rings. The van der Waals surface area contributed by atoms with Crippen molar-refractivity contribution in [2.75, 3.05) is 7.11 Å². The van der Waals surface area contributed by atoms with Gasteiger partial charge in [-0.25, -0.2) is 4.39 Å². The van der Waals surface area contributed by atoms with E-state index in [0.717, 1.165) is 6.08 Å². The lowest BCUT2D eigenvalue weighted by Gasteiger charge is -2.02. The molecule has 0 saturated carbocycles. The summed E-state index contributed by atoms with van der Waals surface area (Å²) < 4.78 is 16.9. The molecule has 56 valence electrons. The molecule has 0 aromatic heterocycles. The van der Waals surface area contributed by atoms with E-state index in [1.165, 1.54) is 7.11 Å². The van der Waals surface area contributed by atoms with Gasteiger partial charge >= 0.3 is 0 Å². The fourth-order valence-electron chi connectivity index (χ4n) is 0.446. The van der Waals surface area contributed by atoms with Crippen LogP contribution in [0.3, 0.4) is 0 Å². The summed E-state index contributed by atoms with van der Waals surface area (Å²) in [7, 11) is 1.24. The van der Waals surface area contributed by atoms with Crippen LogP contribution in [0, 0.1) is 0 Å². The second-order valence-electron chi connectivity index (χ2n) is 1.53. The van der Waals surface area contributed by atoms with Crippen molar-refractivity contribution in [1.82, 2.24) is 0 Å². The van der Waals surface area contributed by atoms with Crippen LogP contribution < -0.4 is 0 Å². The van der Waals surface area contributed by atoms with Gasteiger partial charge in [-0.3, -0.25) is 0 Å². The molecule has 0 radical (unpaired) electrons. The summed E-state index contributed by atoms with van der Waals surface area (Å²) >= 11 is 0. The summed E-state index contributed by atoms with van der Waals surface area (Å²) in [6.45, 7) is 6.23. The Kier molecular flexibility index (Phi) is 3.25. The lowest BCUT2D eigenvalue weighted by Crippen LogP contribution is -1.91. The molecule has 10 heavy (non-hydrogen) atoms. The number of aliphatic hydroxyl groups excluding tert-OH is 1. The number of rotatable bonds is 3. The van der Waals surface area contributed by atoms with Crippen LogP contribution in [-0.2, 0) is 4.74 Å². The highest BCUT2D eigenvalue weighted by atomic mass is 19.1. The number of aliphatic hydroxyl groups is 1. The minimum absolute atomic E-state index is 0.282. The Balaban J connectivity index is 4.62. The predicted molar refractivity (Wildman–Crippen MR) is 37.1 cm³/mol. The van der Waals surface area contributed by atoms with Gasteiger partial charge in [-0.05, 0) is 6.08 Å². The van der Waals surface area contributed by atoms with Crippen LogP contribution in [0.2, 0.25) is 0 Å². The van der Waals surface area contributed by atoms with E-state index in [-0.39, 0.29) is 5.76 Å². The van der Waals surface area contributed by atoms with Gasteiger partial charge in [-0.15, -0.1) is 0 Å². The van der Waals surface area contributed by atoms with Crippen LogP contribution >= 0.6 is 0 Å². The largest absolute Gasteiger partial charge is 0.505 e. The molecule has 0 amide bonds. The summed E-state index contributed by atoms with van der Waals surface area (Å²) in [6.07, 6.45) is 0.931. The molecule has 0 bridgehead atoms. The Bertz CT molecular complexity index is 182. The highest BCUT2D eigenvalue weighted by Crippen LogP contribution is 2.13. The van der Waals surface area contributed by atoms with Gasteiger partial charge in [0.15, 0.2) is 17.3 Å². The van der Waals surface area contributed by atoms with Gasteiger partial charge in [0.25, 0.3) is 0 Å². The Morgan fingerprint density at radius 1 is 1.70 bits per heavy atom. The van der Waals surface area contributed by atoms with Crippen molar-refractivity contribution in [2.24, 2.45) is 0 Å². The third-order valence-corrected chi connectivity index (χ3v) is 0.862. The van der Waals surface area contributed by atoms with E-state index in [2.05, 4.69) is 17.9 Å². The van der Waals surface area contributed by atoms with Crippen molar-refractivity contribution >= 4 is 0 Å². The minimum Gasteiger partial charge on any atom is -0.505 e. The second kappa shape index (κ2) is 3.71. The molecule has 0 atom stereocenters. The average molecular weight is 144 g/mol. The summed E-state index contributed by atoms with van der Waals surface area (Å²) in [5.41, 5.74) is 0. The number of halogens is 1. The van der Waals surface area contributed by atoms with Crippen LogP contribution in [0.15, 0.2) is 36.6 Å². The van der Waals surface area contributed by atoms with Crippen LogP contribution in [-0.4, -0.2) is 12.2 Å². The number of allylic oxidation sites excluding steroid dienone is 2. The molecular weight excluding hydrogens is 135 g/mol. The van der Waals surface area contributed by atoms with Gasteiger partial charge in [0.05, 0.1) is 7.11 Å². The van der Waals surface area contributed by atoms with Crippen LogP contribution in [0.1, 0.15) is 0 Å². The molecule has 0 rings (SSSR count). The van der Waals surface area contributed by atoms with E-state index < -0.39 is 11.6 Å². The maximum absolute atomic E-state index is 12.5. The lowest BCUT2D eigenvalue weighted by molar-refractivity contribution is 0.246. The van der Waals surface area contributed by atoms with Gasteiger partial charge < -0.3 is 9.84 Å². The van der Waals surface area contributed by atoms with Gasteiger partial charge in [-0.2, -0.15) is 0 Å². The number of methoxy groups -OCH3 is 1. The average Bonchev–Trinajstić information content (AvgIpc) is 1.88. The van der Waals surface area contributed by atoms with Crippen molar-refractivity contribution in [3.8, 4) is 0 Å². The number of ether oxygens (including phenoxy) is 1. The van der Waals surface area contributed by atoms with Gasteiger partial charge in [0.1, 0.15) is 0 Å². The zero-order valence-corrected chi connectivity index (χ0v) is 5.72. The van der Waals surface area contributed by atoms with Crippen molar-refractivity contribution < 1.29 is 14.2 Å². The zero-order valence-electron chi connectivity index (χ0n) is 5.72. The maximum Gasteiger partial charge on any atom is 0.195 e. The Morgan fingerprint density at radius 3 is 2.30 bits per heavy atom. The molecule has 0 unspecified atom stereocenters. The van der Waals surface area contributed by atoms with Crippen molar-refractivity contribution in [1.29, 1.82) is 0 Å². The van der Waals surface area contributed by atoms with E-state index in [1.54, 1.807) is 0 Å². The first-order valence-electron chi connectivity index (χ1n) is 2.58. The first-order valence-corrected chi connectivity index (χ1v) is 2.58. The molecule has 0 aromatic rings.